The molecular weight excluding hydrogens is 306 g/mol. The Labute approximate surface area is 148 Å². The van der Waals surface area contributed by atoms with E-state index in [-0.39, 0.29) is 6.23 Å². The third-order valence-corrected chi connectivity index (χ3v) is 5.01. The van der Waals surface area contributed by atoms with E-state index in [2.05, 4.69) is 90.7 Å². The van der Waals surface area contributed by atoms with Crippen molar-refractivity contribution in [2.45, 2.75) is 19.8 Å². The lowest BCUT2D eigenvalue weighted by Crippen LogP contribution is -2.35. The lowest BCUT2D eigenvalue weighted by Gasteiger charge is -2.43. The third-order valence-electron chi connectivity index (χ3n) is 5.01. The number of anilines is 1. The van der Waals surface area contributed by atoms with Gasteiger partial charge in [0.15, 0.2) is 6.23 Å². The first-order valence-corrected chi connectivity index (χ1v) is 8.68. The summed E-state index contributed by atoms with van der Waals surface area (Å²) in [5, 5.41) is 0. The van der Waals surface area contributed by atoms with E-state index in [1.165, 1.54) is 39.2 Å². The fraction of sp³-hybridized carbons (Fsp3) is 0.130. The number of nitrogens with zero attached hydrogens (tertiary/aromatic N) is 1. The Balaban J connectivity index is 1.77. The van der Waals surface area contributed by atoms with Crippen molar-refractivity contribution in [1.29, 1.82) is 0 Å². The fourth-order valence-electron chi connectivity index (χ4n) is 3.83. The van der Waals surface area contributed by atoms with E-state index in [0.29, 0.717) is 6.61 Å². The molecule has 0 spiro atoms. The van der Waals surface area contributed by atoms with Crippen LogP contribution in [0.25, 0.3) is 11.8 Å². The number of rotatable bonds is 1. The number of fused-ring (bicyclic) bond motifs is 5. The topological polar surface area (TPSA) is 12.5 Å². The Morgan fingerprint density at radius 2 is 1.76 bits per heavy atom. The SMILES string of the molecule is Cc1cccc(C2=Cc3ccccc3C3OCc4ccccc4N23)c1. The highest BCUT2D eigenvalue weighted by Gasteiger charge is 2.35. The Kier molecular flexibility index (Phi) is 3.25. The highest BCUT2D eigenvalue weighted by molar-refractivity contribution is 5.94. The van der Waals surface area contributed by atoms with E-state index in [4.69, 9.17) is 4.74 Å². The van der Waals surface area contributed by atoms with Gasteiger partial charge in [0, 0.05) is 16.8 Å². The summed E-state index contributed by atoms with van der Waals surface area (Å²) in [7, 11) is 0. The molecule has 2 nitrogen and oxygen atoms in total. The fourth-order valence-corrected chi connectivity index (χ4v) is 3.83. The summed E-state index contributed by atoms with van der Waals surface area (Å²) >= 11 is 0. The molecule has 2 aliphatic rings. The van der Waals surface area contributed by atoms with Crippen molar-refractivity contribution in [2.75, 3.05) is 4.90 Å². The molecule has 1 unspecified atom stereocenters. The average Bonchev–Trinajstić information content (AvgIpc) is 2.67. The van der Waals surface area contributed by atoms with Crippen LogP contribution in [-0.2, 0) is 11.3 Å². The monoisotopic (exact) mass is 325 g/mol. The second-order valence-electron chi connectivity index (χ2n) is 6.69. The molecule has 0 amide bonds. The number of para-hydroxylation sites is 1. The Morgan fingerprint density at radius 3 is 2.68 bits per heavy atom. The first kappa shape index (κ1) is 14.5. The van der Waals surface area contributed by atoms with E-state index >= 15 is 0 Å². The zero-order valence-corrected chi connectivity index (χ0v) is 14.1. The second kappa shape index (κ2) is 5.61. The van der Waals surface area contributed by atoms with E-state index in [9.17, 15) is 0 Å². The van der Waals surface area contributed by atoms with Crippen LogP contribution in [0.4, 0.5) is 5.69 Å². The first-order valence-electron chi connectivity index (χ1n) is 8.68. The molecule has 2 heterocycles. The third kappa shape index (κ3) is 2.30. The maximum atomic E-state index is 6.30. The van der Waals surface area contributed by atoms with Crippen LogP contribution in [0.3, 0.4) is 0 Å². The molecule has 0 bridgehead atoms. The molecule has 5 rings (SSSR count). The molecule has 2 heteroatoms. The largest absolute Gasteiger partial charge is 0.349 e. The Hall–Kier alpha value is -2.84. The molecule has 122 valence electrons. The summed E-state index contributed by atoms with van der Waals surface area (Å²) < 4.78 is 6.30. The van der Waals surface area contributed by atoms with Gasteiger partial charge in [-0.2, -0.15) is 0 Å². The van der Waals surface area contributed by atoms with Crippen LogP contribution in [0, 0.1) is 6.92 Å². The number of hydrogen-bond acceptors (Lipinski definition) is 2. The van der Waals surface area contributed by atoms with Crippen molar-refractivity contribution in [3.8, 4) is 0 Å². The first-order chi connectivity index (χ1) is 12.3. The summed E-state index contributed by atoms with van der Waals surface area (Å²) in [4.78, 5) is 2.34. The molecule has 3 aromatic rings. The van der Waals surface area contributed by atoms with E-state index in [1.807, 2.05) is 0 Å². The van der Waals surface area contributed by atoms with Gasteiger partial charge < -0.3 is 9.64 Å². The molecule has 0 fully saturated rings. The van der Waals surface area contributed by atoms with Crippen LogP contribution < -0.4 is 4.90 Å². The molecule has 0 radical (unpaired) electrons. The molecule has 3 aromatic carbocycles. The number of hydrogen-bond donors (Lipinski definition) is 0. The number of aryl methyl sites for hydroxylation is 1. The van der Waals surface area contributed by atoms with Crippen molar-refractivity contribution in [3.63, 3.8) is 0 Å². The number of benzene rings is 3. The van der Waals surface area contributed by atoms with Crippen LogP contribution >= 0.6 is 0 Å². The van der Waals surface area contributed by atoms with Crippen LogP contribution in [0.15, 0.2) is 72.8 Å². The highest BCUT2D eigenvalue weighted by Crippen LogP contribution is 2.46. The van der Waals surface area contributed by atoms with Gasteiger partial charge in [0.1, 0.15) is 0 Å². The van der Waals surface area contributed by atoms with Gasteiger partial charge in [-0.15, -0.1) is 0 Å². The van der Waals surface area contributed by atoms with E-state index in [1.54, 1.807) is 0 Å². The predicted octanol–water partition coefficient (Wildman–Crippen LogP) is 5.54. The van der Waals surface area contributed by atoms with Gasteiger partial charge in [0.2, 0.25) is 0 Å². The Bertz CT molecular complexity index is 989. The smallest absolute Gasteiger partial charge is 0.161 e. The lowest BCUT2D eigenvalue weighted by molar-refractivity contribution is 0.0344. The van der Waals surface area contributed by atoms with Gasteiger partial charge in [-0.1, -0.05) is 66.2 Å². The van der Waals surface area contributed by atoms with Gasteiger partial charge in [0.25, 0.3) is 0 Å². The van der Waals surface area contributed by atoms with Crippen molar-refractivity contribution in [1.82, 2.24) is 0 Å². The van der Waals surface area contributed by atoms with Crippen molar-refractivity contribution < 1.29 is 4.74 Å². The zero-order chi connectivity index (χ0) is 16.8. The summed E-state index contributed by atoms with van der Waals surface area (Å²) in [6, 6.07) is 25.7. The van der Waals surface area contributed by atoms with E-state index in [0.717, 1.165) is 0 Å². The molecule has 0 aliphatic carbocycles. The van der Waals surface area contributed by atoms with Gasteiger partial charge >= 0.3 is 0 Å². The van der Waals surface area contributed by atoms with Gasteiger partial charge in [0.05, 0.1) is 12.3 Å². The van der Waals surface area contributed by atoms with E-state index < -0.39 is 0 Å². The molecule has 0 N–H and O–H groups in total. The lowest BCUT2D eigenvalue weighted by atomic mass is 9.93. The molecule has 1 atom stereocenters. The minimum Gasteiger partial charge on any atom is -0.349 e. The summed E-state index contributed by atoms with van der Waals surface area (Å²) in [6.07, 6.45) is 2.21. The minimum atomic E-state index is -0.0772. The van der Waals surface area contributed by atoms with Gasteiger partial charge in [-0.05, 0) is 36.3 Å². The van der Waals surface area contributed by atoms with Crippen molar-refractivity contribution >= 4 is 17.5 Å². The normalized spacial score (nSPS) is 18.0. The second-order valence-corrected chi connectivity index (χ2v) is 6.69. The quantitative estimate of drug-likeness (QED) is 0.582. The van der Waals surface area contributed by atoms with Gasteiger partial charge in [-0.3, -0.25) is 0 Å². The van der Waals surface area contributed by atoms with Crippen LogP contribution in [0.1, 0.15) is 34.0 Å². The number of ether oxygens (including phenoxy) is 1. The van der Waals surface area contributed by atoms with Gasteiger partial charge in [-0.25, -0.2) is 0 Å². The molecular formula is C23H19NO. The van der Waals surface area contributed by atoms with Crippen molar-refractivity contribution in [2.24, 2.45) is 0 Å². The summed E-state index contributed by atoms with van der Waals surface area (Å²) in [6.45, 7) is 2.78. The van der Waals surface area contributed by atoms with Crippen LogP contribution in [-0.4, -0.2) is 0 Å². The standard InChI is InChI=1S/C23H19NO/c1-16-7-6-10-18(13-16)22-14-17-8-2-4-11-20(17)23-24(22)21-12-5-3-9-19(21)15-25-23/h2-14,23H,15H2,1H3. The molecule has 0 aromatic heterocycles. The molecule has 0 saturated carbocycles. The summed E-state index contributed by atoms with van der Waals surface area (Å²) in [5.74, 6) is 0. The predicted molar refractivity (Wildman–Crippen MR) is 102 cm³/mol. The Morgan fingerprint density at radius 1 is 0.920 bits per heavy atom. The summed E-state index contributed by atoms with van der Waals surface area (Å²) in [5.41, 5.74) is 8.62. The maximum absolute atomic E-state index is 6.30. The highest BCUT2D eigenvalue weighted by atomic mass is 16.5. The molecule has 0 saturated heterocycles. The minimum absolute atomic E-state index is 0.0772. The van der Waals surface area contributed by atoms with Crippen LogP contribution in [0.2, 0.25) is 0 Å². The average molecular weight is 325 g/mol. The molecule has 2 aliphatic heterocycles. The van der Waals surface area contributed by atoms with Crippen LogP contribution in [0.5, 0.6) is 0 Å². The van der Waals surface area contributed by atoms with Crippen molar-refractivity contribution in [3.05, 3.63) is 101 Å². The zero-order valence-electron chi connectivity index (χ0n) is 14.1. The maximum Gasteiger partial charge on any atom is 0.161 e. The molecule has 25 heavy (non-hydrogen) atoms.